The molecular weight excluding hydrogens is 424 g/mol. The van der Waals surface area contributed by atoms with E-state index in [0.29, 0.717) is 23.5 Å². The average Bonchev–Trinajstić information content (AvgIpc) is 3.09. The highest BCUT2D eigenvalue weighted by atomic mass is 16.7. The van der Waals surface area contributed by atoms with Crippen molar-refractivity contribution in [2.24, 2.45) is 28.6 Å². The summed E-state index contributed by atoms with van der Waals surface area (Å²) < 4.78 is 16.5. The molecule has 5 rings (SSSR count). The fraction of sp³-hybridized carbons (Fsp3) is 0.846. The zero-order valence-electron chi connectivity index (χ0n) is 20.0. The SMILES string of the molecule is COC(=O)C1OC(OC2CCC3(C)C(=CCC4C5CCC(=O)C5(C)CCC43)C2)C(O)CC1O. The van der Waals surface area contributed by atoms with Crippen molar-refractivity contribution in [3.8, 4) is 0 Å². The van der Waals surface area contributed by atoms with Gasteiger partial charge in [-0.15, -0.1) is 0 Å². The van der Waals surface area contributed by atoms with Gasteiger partial charge in [-0.3, -0.25) is 4.79 Å². The molecule has 33 heavy (non-hydrogen) atoms. The van der Waals surface area contributed by atoms with Gasteiger partial charge in [0.1, 0.15) is 11.9 Å². The van der Waals surface area contributed by atoms with E-state index >= 15 is 0 Å². The second kappa shape index (κ2) is 8.43. The minimum absolute atomic E-state index is 0.0141. The fourth-order valence-corrected chi connectivity index (χ4v) is 7.96. The highest BCUT2D eigenvalue weighted by Gasteiger charge is 2.58. The zero-order valence-corrected chi connectivity index (χ0v) is 20.0. The van der Waals surface area contributed by atoms with E-state index in [9.17, 15) is 19.8 Å². The molecule has 0 radical (unpaired) electrons. The summed E-state index contributed by atoms with van der Waals surface area (Å²) in [5.41, 5.74) is 1.45. The Balaban J connectivity index is 1.28. The molecule has 7 heteroatoms. The first-order chi connectivity index (χ1) is 15.7. The number of carbonyl (C=O) groups is 2. The van der Waals surface area contributed by atoms with Gasteiger partial charge in [-0.25, -0.2) is 4.79 Å². The molecule has 0 spiro atoms. The summed E-state index contributed by atoms with van der Waals surface area (Å²) in [6.45, 7) is 4.62. The van der Waals surface area contributed by atoms with Crippen LogP contribution in [0.2, 0.25) is 0 Å². The molecule has 1 aliphatic heterocycles. The standard InChI is InChI=1S/C26H38O7/c1-25-10-8-15(32-24-20(28)13-19(27)22(33-24)23(30)31-3)12-14(25)4-5-16-17-6-7-21(29)26(17,2)11-9-18(16)25/h4,15-20,22,24,27-28H,5-13H2,1-3H3. The van der Waals surface area contributed by atoms with Crippen molar-refractivity contribution in [3.05, 3.63) is 11.6 Å². The maximum atomic E-state index is 12.6. The molecule has 0 bridgehead atoms. The quantitative estimate of drug-likeness (QED) is 0.491. The Morgan fingerprint density at radius 3 is 2.58 bits per heavy atom. The monoisotopic (exact) mass is 462 g/mol. The number of aliphatic hydroxyl groups is 2. The number of methoxy groups -OCH3 is 1. The van der Waals surface area contributed by atoms with Crippen LogP contribution in [-0.2, 0) is 23.8 Å². The normalized spacial score (nSPS) is 49.5. The number of hydrogen-bond acceptors (Lipinski definition) is 7. The molecule has 1 heterocycles. The Labute approximate surface area is 195 Å². The highest BCUT2D eigenvalue weighted by molar-refractivity contribution is 5.87. The van der Waals surface area contributed by atoms with Gasteiger partial charge in [0.2, 0.25) is 0 Å². The summed E-state index contributed by atoms with van der Waals surface area (Å²) in [6, 6.07) is 0. The zero-order chi connectivity index (χ0) is 23.5. The predicted molar refractivity (Wildman–Crippen MR) is 119 cm³/mol. The number of esters is 1. The van der Waals surface area contributed by atoms with Gasteiger partial charge in [-0.1, -0.05) is 25.5 Å². The van der Waals surface area contributed by atoms with E-state index in [1.807, 2.05) is 0 Å². The van der Waals surface area contributed by atoms with Crippen molar-refractivity contribution in [1.82, 2.24) is 0 Å². The molecule has 4 fully saturated rings. The lowest BCUT2D eigenvalue weighted by atomic mass is 9.48. The number of ketones is 1. The predicted octanol–water partition coefficient (Wildman–Crippen LogP) is 2.91. The largest absolute Gasteiger partial charge is 0.467 e. The third-order valence-corrected chi connectivity index (χ3v) is 9.96. The Morgan fingerprint density at radius 2 is 1.82 bits per heavy atom. The molecule has 184 valence electrons. The van der Waals surface area contributed by atoms with Gasteiger partial charge in [-0.2, -0.15) is 0 Å². The van der Waals surface area contributed by atoms with Crippen LogP contribution in [0.3, 0.4) is 0 Å². The molecule has 0 aromatic rings. The summed E-state index contributed by atoms with van der Waals surface area (Å²) in [7, 11) is 1.25. The first-order valence-corrected chi connectivity index (χ1v) is 12.6. The van der Waals surface area contributed by atoms with Crippen LogP contribution in [-0.4, -0.2) is 59.8 Å². The van der Waals surface area contributed by atoms with Gasteiger partial charge >= 0.3 is 5.97 Å². The maximum absolute atomic E-state index is 12.6. The van der Waals surface area contributed by atoms with Gasteiger partial charge in [0, 0.05) is 18.3 Å². The third-order valence-electron chi connectivity index (χ3n) is 9.96. The number of allylic oxidation sites excluding steroid dienone is 1. The highest BCUT2D eigenvalue weighted by Crippen LogP contribution is 2.64. The summed E-state index contributed by atoms with van der Waals surface area (Å²) in [4.78, 5) is 24.6. The van der Waals surface area contributed by atoms with Crippen LogP contribution >= 0.6 is 0 Å². The Hall–Kier alpha value is -1.28. The Kier molecular flexibility index (Phi) is 6.00. The summed E-state index contributed by atoms with van der Waals surface area (Å²) in [6.07, 6.45) is 5.74. The second-order valence-electron chi connectivity index (χ2n) is 11.5. The minimum Gasteiger partial charge on any atom is -0.467 e. The number of fused-ring (bicyclic) bond motifs is 5. The summed E-state index contributed by atoms with van der Waals surface area (Å²) >= 11 is 0. The van der Waals surface area contributed by atoms with Crippen LogP contribution in [0.25, 0.3) is 0 Å². The van der Waals surface area contributed by atoms with Crippen molar-refractivity contribution in [3.63, 3.8) is 0 Å². The molecule has 0 aromatic heterocycles. The van der Waals surface area contributed by atoms with Gasteiger partial charge < -0.3 is 24.4 Å². The number of rotatable bonds is 3. The minimum atomic E-state index is -1.14. The molecule has 10 unspecified atom stereocenters. The van der Waals surface area contributed by atoms with Gasteiger partial charge in [0.15, 0.2) is 12.4 Å². The first kappa shape index (κ1) is 23.5. The molecular formula is C26H38O7. The first-order valence-electron chi connectivity index (χ1n) is 12.6. The van der Waals surface area contributed by atoms with Crippen LogP contribution < -0.4 is 0 Å². The number of hydrogen-bond donors (Lipinski definition) is 2. The molecule has 0 aromatic carbocycles. The van der Waals surface area contributed by atoms with Gasteiger partial charge in [0.25, 0.3) is 0 Å². The molecule has 4 aliphatic carbocycles. The van der Waals surface area contributed by atoms with Crippen molar-refractivity contribution < 1.29 is 34.0 Å². The van der Waals surface area contributed by atoms with Crippen LogP contribution in [0.15, 0.2) is 11.6 Å². The van der Waals surface area contributed by atoms with E-state index in [1.165, 1.54) is 12.7 Å². The van der Waals surface area contributed by atoms with Crippen LogP contribution in [0.4, 0.5) is 0 Å². The van der Waals surface area contributed by atoms with Gasteiger partial charge in [-0.05, 0) is 68.1 Å². The fourth-order valence-electron chi connectivity index (χ4n) is 7.96. The average molecular weight is 463 g/mol. The molecule has 7 nitrogen and oxygen atoms in total. The lowest BCUT2D eigenvalue weighted by Crippen LogP contribution is -2.54. The van der Waals surface area contributed by atoms with E-state index < -0.39 is 30.6 Å². The molecule has 0 amide bonds. The van der Waals surface area contributed by atoms with Crippen molar-refractivity contribution in [2.75, 3.05) is 7.11 Å². The maximum Gasteiger partial charge on any atom is 0.337 e. The van der Waals surface area contributed by atoms with E-state index in [-0.39, 0.29) is 23.4 Å². The number of aliphatic hydroxyl groups excluding tert-OH is 2. The number of ether oxygens (including phenoxy) is 3. The van der Waals surface area contributed by atoms with Crippen LogP contribution in [0.1, 0.15) is 71.6 Å². The smallest absolute Gasteiger partial charge is 0.337 e. The topological polar surface area (TPSA) is 102 Å². The van der Waals surface area contributed by atoms with E-state index in [2.05, 4.69) is 19.9 Å². The molecule has 5 aliphatic rings. The van der Waals surface area contributed by atoms with Crippen molar-refractivity contribution in [2.45, 2.75) is 102 Å². The van der Waals surface area contributed by atoms with E-state index in [4.69, 9.17) is 14.2 Å². The van der Waals surface area contributed by atoms with E-state index in [0.717, 1.165) is 51.4 Å². The molecule has 3 saturated carbocycles. The Bertz CT molecular complexity index is 838. The second-order valence-corrected chi connectivity index (χ2v) is 11.5. The van der Waals surface area contributed by atoms with Crippen molar-refractivity contribution in [1.29, 1.82) is 0 Å². The van der Waals surface area contributed by atoms with Crippen LogP contribution in [0.5, 0.6) is 0 Å². The summed E-state index contributed by atoms with van der Waals surface area (Å²) in [5.74, 6) is 1.53. The number of Topliss-reactive ketones (excluding diaryl/α,β-unsaturated/α-hetero) is 1. The van der Waals surface area contributed by atoms with E-state index in [1.54, 1.807) is 0 Å². The lowest BCUT2D eigenvalue weighted by Gasteiger charge is -2.57. The number of carbonyl (C=O) groups excluding carboxylic acids is 2. The van der Waals surface area contributed by atoms with Gasteiger partial charge in [0.05, 0.1) is 19.3 Å². The third kappa shape index (κ3) is 3.70. The molecule has 1 saturated heterocycles. The van der Waals surface area contributed by atoms with Crippen molar-refractivity contribution >= 4 is 11.8 Å². The lowest BCUT2D eigenvalue weighted by molar-refractivity contribution is -0.280. The molecule has 2 N–H and O–H groups in total. The summed E-state index contributed by atoms with van der Waals surface area (Å²) in [5, 5.41) is 20.5. The van der Waals surface area contributed by atoms with Crippen LogP contribution in [0, 0.1) is 28.6 Å². The molecule has 10 atom stereocenters. The Morgan fingerprint density at radius 1 is 1.09 bits per heavy atom.